The van der Waals surface area contributed by atoms with E-state index < -0.39 is 5.97 Å². The van der Waals surface area contributed by atoms with E-state index >= 15 is 0 Å². The van der Waals surface area contributed by atoms with Gasteiger partial charge in [0.25, 0.3) is 5.91 Å². The van der Waals surface area contributed by atoms with E-state index in [9.17, 15) is 9.59 Å². The molecule has 0 radical (unpaired) electrons. The molecular formula is C29H29N5O7S. The third kappa shape index (κ3) is 7.18. The van der Waals surface area contributed by atoms with E-state index in [0.717, 1.165) is 17.0 Å². The molecule has 12 nitrogen and oxygen atoms in total. The van der Waals surface area contributed by atoms with Gasteiger partial charge in [-0.3, -0.25) is 14.2 Å². The highest BCUT2D eigenvalue weighted by atomic mass is 32.2. The number of amides is 1. The van der Waals surface area contributed by atoms with Crippen molar-refractivity contribution < 1.29 is 33.3 Å². The van der Waals surface area contributed by atoms with Crippen LogP contribution in [-0.4, -0.2) is 67.0 Å². The van der Waals surface area contributed by atoms with Gasteiger partial charge < -0.3 is 23.7 Å². The number of esters is 1. The van der Waals surface area contributed by atoms with E-state index in [1.165, 1.54) is 39.1 Å². The van der Waals surface area contributed by atoms with Crippen LogP contribution in [0.2, 0.25) is 0 Å². The normalized spacial score (nSPS) is 10.8. The number of benzene rings is 3. The summed E-state index contributed by atoms with van der Waals surface area (Å²) < 4.78 is 28.2. The van der Waals surface area contributed by atoms with E-state index in [0.29, 0.717) is 22.3 Å². The van der Waals surface area contributed by atoms with Gasteiger partial charge in [0.1, 0.15) is 11.5 Å². The lowest BCUT2D eigenvalue weighted by atomic mass is 10.2. The number of nitrogens with one attached hydrogen (secondary N) is 1. The van der Waals surface area contributed by atoms with Crippen molar-refractivity contribution in [3.63, 3.8) is 0 Å². The standard InChI is InChI=1S/C29H29N5O7S/c1-18(35)41-27-24(39-4)14-19(15-25(27)40-5)16-30-31-26(36)17-42-29-33-32-28(20-6-10-22(37-2)11-7-20)34(29)21-8-12-23(38-3)13-9-21/h6-16H,17H2,1-5H3,(H,31,36)/b30-16+. The van der Waals surface area contributed by atoms with Crippen LogP contribution in [0.1, 0.15) is 12.5 Å². The van der Waals surface area contributed by atoms with Gasteiger partial charge in [-0.15, -0.1) is 10.2 Å². The quantitative estimate of drug-likeness (QED) is 0.0842. The summed E-state index contributed by atoms with van der Waals surface area (Å²) in [5.74, 6) is 1.88. The smallest absolute Gasteiger partial charge is 0.308 e. The molecule has 0 bridgehead atoms. The third-order valence-electron chi connectivity index (χ3n) is 5.78. The van der Waals surface area contributed by atoms with Crippen LogP contribution in [0.15, 0.2) is 70.9 Å². The molecule has 1 heterocycles. The largest absolute Gasteiger partial charge is 0.497 e. The van der Waals surface area contributed by atoms with Gasteiger partial charge in [-0.25, -0.2) is 5.43 Å². The molecule has 0 aliphatic heterocycles. The highest BCUT2D eigenvalue weighted by Crippen LogP contribution is 2.38. The number of rotatable bonds is 12. The minimum Gasteiger partial charge on any atom is -0.497 e. The molecule has 3 aromatic carbocycles. The first-order valence-corrected chi connectivity index (χ1v) is 13.5. The van der Waals surface area contributed by atoms with Crippen LogP contribution >= 0.6 is 11.8 Å². The Labute approximate surface area is 246 Å². The molecule has 13 heteroatoms. The summed E-state index contributed by atoms with van der Waals surface area (Å²) in [7, 11) is 6.08. The molecule has 0 saturated heterocycles. The van der Waals surface area contributed by atoms with Crippen LogP contribution in [0.4, 0.5) is 0 Å². The molecule has 42 heavy (non-hydrogen) atoms. The van der Waals surface area contributed by atoms with E-state index in [4.69, 9.17) is 23.7 Å². The Morgan fingerprint density at radius 1 is 0.881 bits per heavy atom. The summed E-state index contributed by atoms with van der Waals surface area (Å²) in [5.41, 5.74) is 4.68. The topological polar surface area (TPSA) is 135 Å². The summed E-state index contributed by atoms with van der Waals surface area (Å²) in [4.78, 5) is 24.1. The maximum Gasteiger partial charge on any atom is 0.308 e. The molecular weight excluding hydrogens is 562 g/mol. The summed E-state index contributed by atoms with van der Waals surface area (Å²) in [6, 6.07) is 18.1. The zero-order chi connectivity index (χ0) is 30.1. The Morgan fingerprint density at radius 3 is 2.02 bits per heavy atom. The Morgan fingerprint density at radius 2 is 1.48 bits per heavy atom. The minimum atomic E-state index is -0.517. The molecule has 0 fully saturated rings. The zero-order valence-corrected chi connectivity index (χ0v) is 24.4. The van der Waals surface area contributed by atoms with Crippen LogP contribution in [0, 0.1) is 0 Å². The van der Waals surface area contributed by atoms with Gasteiger partial charge in [0, 0.05) is 23.7 Å². The van der Waals surface area contributed by atoms with Gasteiger partial charge in [-0.05, 0) is 60.7 Å². The van der Waals surface area contributed by atoms with Crippen LogP contribution in [0.25, 0.3) is 17.1 Å². The maximum atomic E-state index is 12.7. The van der Waals surface area contributed by atoms with Crippen LogP contribution in [0.5, 0.6) is 28.7 Å². The number of hydrazone groups is 1. The second kappa shape index (κ2) is 14.0. The fourth-order valence-electron chi connectivity index (χ4n) is 3.81. The highest BCUT2D eigenvalue weighted by molar-refractivity contribution is 7.99. The van der Waals surface area contributed by atoms with Gasteiger partial charge in [-0.2, -0.15) is 5.10 Å². The van der Waals surface area contributed by atoms with Crippen molar-refractivity contribution in [2.45, 2.75) is 12.1 Å². The molecule has 0 aliphatic carbocycles. The number of methoxy groups -OCH3 is 4. The first-order chi connectivity index (χ1) is 20.4. The molecule has 1 N–H and O–H groups in total. The summed E-state index contributed by atoms with van der Waals surface area (Å²) in [5, 5.41) is 13.3. The Hall–Kier alpha value is -5.04. The number of hydrogen-bond acceptors (Lipinski definition) is 11. The monoisotopic (exact) mass is 591 g/mol. The van der Waals surface area contributed by atoms with E-state index in [-0.39, 0.29) is 28.9 Å². The maximum absolute atomic E-state index is 12.7. The molecule has 1 aromatic heterocycles. The number of carbonyl (C=O) groups is 2. The van der Waals surface area contributed by atoms with Crippen molar-refractivity contribution in [1.29, 1.82) is 0 Å². The van der Waals surface area contributed by atoms with Crippen LogP contribution < -0.4 is 29.1 Å². The lowest BCUT2D eigenvalue weighted by Crippen LogP contribution is -2.20. The van der Waals surface area contributed by atoms with Crippen LogP contribution in [0.3, 0.4) is 0 Å². The van der Waals surface area contributed by atoms with Crippen molar-refractivity contribution in [2.24, 2.45) is 5.10 Å². The lowest BCUT2D eigenvalue weighted by Gasteiger charge is -2.13. The Balaban J connectivity index is 1.50. The van der Waals surface area contributed by atoms with Gasteiger partial charge in [0.2, 0.25) is 5.75 Å². The molecule has 4 aromatic rings. The molecule has 0 spiro atoms. The van der Waals surface area contributed by atoms with E-state index in [2.05, 4.69) is 20.7 Å². The summed E-state index contributed by atoms with van der Waals surface area (Å²) >= 11 is 1.21. The predicted octanol–water partition coefficient (Wildman–Crippen LogP) is 4.14. The fourth-order valence-corrected chi connectivity index (χ4v) is 4.56. The first-order valence-electron chi connectivity index (χ1n) is 12.5. The lowest BCUT2D eigenvalue weighted by molar-refractivity contribution is -0.132. The zero-order valence-electron chi connectivity index (χ0n) is 23.6. The highest BCUT2D eigenvalue weighted by Gasteiger charge is 2.18. The number of aromatic nitrogens is 3. The number of ether oxygens (including phenoxy) is 5. The van der Waals surface area contributed by atoms with Gasteiger partial charge in [0.15, 0.2) is 22.5 Å². The fraction of sp³-hybridized carbons (Fsp3) is 0.207. The average molecular weight is 592 g/mol. The average Bonchev–Trinajstić information content (AvgIpc) is 3.44. The first kappa shape index (κ1) is 29.9. The predicted molar refractivity (Wildman–Crippen MR) is 157 cm³/mol. The molecule has 0 atom stereocenters. The van der Waals surface area contributed by atoms with Crippen molar-refractivity contribution in [2.75, 3.05) is 34.2 Å². The molecule has 4 rings (SSSR count). The van der Waals surface area contributed by atoms with Gasteiger partial charge in [-0.1, -0.05) is 11.8 Å². The van der Waals surface area contributed by atoms with E-state index in [1.54, 1.807) is 26.4 Å². The third-order valence-corrected chi connectivity index (χ3v) is 6.71. The SMILES string of the molecule is COc1ccc(-c2nnc(SCC(=O)N/N=C/c3cc(OC)c(OC(C)=O)c(OC)c3)n2-c2ccc(OC)cc2)cc1. The van der Waals surface area contributed by atoms with Crippen molar-refractivity contribution in [1.82, 2.24) is 20.2 Å². The minimum absolute atomic E-state index is 0.0201. The number of hydrogen-bond donors (Lipinski definition) is 1. The van der Waals surface area contributed by atoms with Crippen molar-refractivity contribution in [3.8, 4) is 45.8 Å². The Bertz CT molecular complexity index is 1550. The number of nitrogens with zero attached hydrogens (tertiary/aromatic N) is 4. The molecule has 0 saturated carbocycles. The van der Waals surface area contributed by atoms with E-state index in [1.807, 2.05) is 53.1 Å². The summed E-state index contributed by atoms with van der Waals surface area (Å²) in [6.07, 6.45) is 1.42. The molecule has 218 valence electrons. The second-order valence-corrected chi connectivity index (χ2v) is 9.44. The van der Waals surface area contributed by atoms with Crippen molar-refractivity contribution in [3.05, 3.63) is 66.2 Å². The van der Waals surface area contributed by atoms with Crippen LogP contribution in [-0.2, 0) is 9.59 Å². The molecule has 1 amide bonds. The number of carbonyl (C=O) groups excluding carboxylic acids is 2. The molecule has 0 unspecified atom stereocenters. The van der Waals surface area contributed by atoms with Crippen molar-refractivity contribution >= 4 is 29.9 Å². The molecule has 0 aliphatic rings. The van der Waals surface area contributed by atoms with Gasteiger partial charge in [0.05, 0.1) is 40.4 Å². The number of thioether (sulfide) groups is 1. The Kier molecular flexibility index (Phi) is 10.0. The second-order valence-electron chi connectivity index (χ2n) is 8.50. The van der Waals surface area contributed by atoms with Gasteiger partial charge >= 0.3 is 5.97 Å². The summed E-state index contributed by atoms with van der Waals surface area (Å²) in [6.45, 7) is 1.28.